The second kappa shape index (κ2) is 9.80. The number of carbonyl (C=O) groups is 1. The number of rotatable bonds is 8. The van der Waals surface area contributed by atoms with Gasteiger partial charge in [0.15, 0.2) is 17.3 Å². The molecule has 0 aliphatic heterocycles. The minimum absolute atomic E-state index is 0.124. The van der Waals surface area contributed by atoms with Crippen LogP contribution in [0, 0.1) is 0 Å². The highest BCUT2D eigenvalue weighted by Crippen LogP contribution is 2.30. The second-order valence-electron chi connectivity index (χ2n) is 6.26. The first-order chi connectivity index (χ1) is 14.1. The van der Waals surface area contributed by atoms with Crippen molar-refractivity contribution in [1.82, 2.24) is 0 Å². The Kier molecular flexibility index (Phi) is 6.93. The van der Waals surface area contributed by atoms with E-state index in [0.29, 0.717) is 35.3 Å². The summed E-state index contributed by atoms with van der Waals surface area (Å²) in [5, 5.41) is 9.97. The summed E-state index contributed by atoms with van der Waals surface area (Å²) in [6.07, 6.45) is 3.21. The summed E-state index contributed by atoms with van der Waals surface area (Å²) in [5.41, 5.74) is 2.20. The largest absolute Gasteiger partial charge is 0.508 e. The Hall–Kier alpha value is -3.24. The number of ketones is 1. The monoisotopic (exact) mass is 408 g/mol. The van der Waals surface area contributed by atoms with Crippen molar-refractivity contribution < 1.29 is 19.4 Å². The highest BCUT2D eigenvalue weighted by atomic mass is 35.5. The highest BCUT2D eigenvalue weighted by Gasteiger charge is 2.08. The molecule has 0 radical (unpaired) electrons. The first kappa shape index (κ1) is 20.5. The molecule has 0 heterocycles. The van der Waals surface area contributed by atoms with E-state index in [1.807, 2.05) is 49.4 Å². The van der Waals surface area contributed by atoms with Crippen LogP contribution < -0.4 is 9.47 Å². The zero-order valence-corrected chi connectivity index (χ0v) is 16.7. The zero-order valence-electron chi connectivity index (χ0n) is 16.0. The zero-order chi connectivity index (χ0) is 20.6. The average molecular weight is 409 g/mol. The Morgan fingerprint density at radius 2 is 1.76 bits per heavy atom. The van der Waals surface area contributed by atoms with Crippen LogP contribution in [0.3, 0.4) is 0 Å². The third kappa shape index (κ3) is 5.62. The Bertz CT molecular complexity index is 1010. The lowest BCUT2D eigenvalue weighted by Crippen LogP contribution is -2.00. The minimum atomic E-state index is -0.151. The van der Waals surface area contributed by atoms with E-state index in [0.717, 1.165) is 11.1 Å². The molecule has 0 fully saturated rings. The van der Waals surface area contributed by atoms with Crippen molar-refractivity contribution in [2.45, 2.75) is 13.5 Å². The fourth-order valence-corrected chi connectivity index (χ4v) is 2.87. The summed E-state index contributed by atoms with van der Waals surface area (Å²) in [5.74, 6) is 1.17. The van der Waals surface area contributed by atoms with Crippen LogP contribution in [0.2, 0.25) is 5.02 Å². The van der Waals surface area contributed by atoms with Gasteiger partial charge in [-0.3, -0.25) is 4.79 Å². The van der Waals surface area contributed by atoms with Gasteiger partial charge in [0, 0.05) is 16.1 Å². The fraction of sp³-hybridized carbons (Fsp3) is 0.125. The van der Waals surface area contributed by atoms with E-state index in [1.165, 1.54) is 18.2 Å². The summed E-state index contributed by atoms with van der Waals surface area (Å²) >= 11 is 6.18. The summed E-state index contributed by atoms with van der Waals surface area (Å²) < 4.78 is 11.6. The van der Waals surface area contributed by atoms with Crippen molar-refractivity contribution in [3.8, 4) is 17.2 Å². The van der Waals surface area contributed by atoms with Crippen LogP contribution in [0.25, 0.3) is 6.08 Å². The number of benzene rings is 3. The van der Waals surface area contributed by atoms with Gasteiger partial charge in [0.25, 0.3) is 0 Å². The molecule has 0 atom stereocenters. The quantitative estimate of drug-likeness (QED) is 0.371. The van der Waals surface area contributed by atoms with Crippen molar-refractivity contribution in [3.63, 3.8) is 0 Å². The molecule has 0 amide bonds. The highest BCUT2D eigenvalue weighted by molar-refractivity contribution is 6.31. The van der Waals surface area contributed by atoms with E-state index in [9.17, 15) is 9.90 Å². The van der Waals surface area contributed by atoms with Crippen LogP contribution in [0.15, 0.2) is 72.8 Å². The number of hydrogen-bond acceptors (Lipinski definition) is 4. The molecule has 0 saturated carbocycles. The van der Waals surface area contributed by atoms with Crippen LogP contribution in [-0.4, -0.2) is 17.5 Å². The predicted octanol–water partition coefficient (Wildman–Crippen LogP) is 5.92. The van der Waals surface area contributed by atoms with Crippen molar-refractivity contribution in [1.29, 1.82) is 0 Å². The first-order valence-electron chi connectivity index (χ1n) is 9.21. The van der Waals surface area contributed by atoms with Gasteiger partial charge in [-0.2, -0.15) is 0 Å². The third-order valence-corrected chi connectivity index (χ3v) is 4.56. The van der Waals surface area contributed by atoms with Crippen molar-refractivity contribution in [2.24, 2.45) is 0 Å². The predicted molar refractivity (Wildman–Crippen MR) is 115 cm³/mol. The molecule has 0 bridgehead atoms. The van der Waals surface area contributed by atoms with Gasteiger partial charge in [-0.15, -0.1) is 0 Å². The number of hydrogen-bond donors (Lipinski definition) is 1. The van der Waals surface area contributed by atoms with Crippen molar-refractivity contribution in [2.75, 3.05) is 6.61 Å². The van der Waals surface area contributed by atoms with Crippen molar-refractivity contribution in [3.05, 3.63) is 94.5 Å². The Morgan fingerprint density at radius 1 is 1.00 bits per heavy atom. The Balaban J connectivity index is 1.73. The summed E-state index contributed by atoms with van der Waals surface area (Å²) in [7, 11) is 0. The molecular weight excluding hydrogens is 388 g/mol. The van der Waals surface area contributed by atoms with Crippen LogP contribution in [0.4, 0.5) is 0 Å². The molecule has 29 heavy (non-hydrogen) atoms. The van der Waals surface area contributed by atoms with Crippen LogP contribution in [0.5, 0.6) is 17.2 Å². The van der Waals surface area contributed by atoms with Crippen molar-refractivity contribution >= 4 is 23.5 Å². The van der Waals surface area contributed by atoms with E-state index in [4.69, 9.17) is 21.1 Å². The van der Waals surface area contributed by atoms with Gasteiger partial charge in [0.1, 0.15) is 12.4 Å². The number of phenols is 1. The molecule has 0 unspecified atom stereocenters. The maximum atomic E-state index is 12.3. The van der Waals surface area contributed by atoms with Crippen LogP contribution >= 0.6 is 11.6 Å². The first-order valence-corrected chi connectivity index (χ1v) is 9.59. The fourth-order valence-electron chi connectivity index (χ4n) is 2.68. The number of allylic oxidation sites excluding steroid dienone is 1. The molecule has 0 aliphatic carbocycles. The van der Waals surface area contributed by atoms with Gasteiger partial charge >= 0.3 is 0 Å². The van der Waals surface area contributed by atoms with Gasteiger partial charge < -0.3 is 14.6 Å². The van der Waals surface area contributed by atoms with E-state index in [1.54, 1.807) is 18.2 Å². The Labute approximate surface area is 175 Å². The number of phenolic OH excluding ortho intramolecular Hbond substituents is 1. The van der Waals surface area contributed by atoms with Gasteiger partial charge in [0.05, 0.1) is 6.61 Å². The van der Waals surface area contributed by atoms with Crippen LogP contribution in [-0.2, 0) is 6.61 Å². The number of halogens is 1. The number of ether oxygens (including phenoxy) is 2. The molecule has 0 aromatic heterocycles. The molecule has 0 spiro atoms. The average Bonchev–Trinajstić information content (AvgIpc) is 2.73. The van der Waals surface area contributed by atoms with Gasteiger partial charge in [-0.25, -0.2) is 0 Å². The van der Waals surface area contributed by atoms with E-state index >= 15 is 0 Å². The maximum absolute atomic E-state index is 12.3. The topological polar surface area (TPSA) is 55.8 Å². The molecule has 1 N–H and O–H groups in total. The Morgan fingerprint density at radius 3 is 2.48 bits per heavy atom. The summed E-state index contributed by atoms with van der Waals surface area (Å²) in [6, 6.07) is 19.1. The second-order valence-corrected chi connectivity index (χ2v) is 6.67. The lowest BCUT2D eigenvalue weighted by Gasteiger charge is -2.13. The van der Waals surface area contributed by atoms with Gasteiger partial charge in [0.2, 0.25) is 0 Å². The van der Waals surface area contributed by atoms with E-state index < -0.39 is 0 Å². The van der Waals surface area contributed by atoms with E-state index in [-0.39, 0.29) is 11.5 Å². The lowest BCUT2D eigenvalue weighted by atomic mass is 10.1. The molecule has 3 rings (SSSR count). The smallest absolute Gasteiger partial charge is 0.185 e. The van der Waals surface area contributed by atoms with E-state index in [2.05, 4.69) is 0 Å². The maximum Gasteiger partial charge on any atom is 0.185 e. The molecule has 148 valence electrons. The molecule has 0 saturated heterocycles. The molecule has 5 heteroatoms. The number of carbonyl (C=O) groups excluding carboxylic acids is 1. The standard InChI is InChI=1S/C24H21ClO4/c1-2-28-24-15-17(7-13-22(27)18-9-11-20(26)12-10-18)8-14-23(24)29-16-19-5-3-4-6-21(19)25/h3-15,26H,2,16H2,1H3/b13-7+. The summed E-state index contributed by atoms with van der Waals surface area (Å²) in [4.78, 5) is 12.3. The van der Waals surface area contributed by atoms with Crippen LogP contribution in [0.1, 0.15) is 28.4 Å². The number of aromatic hydroxyl groups is 1. The normalized spacial score (nSPS) is 10.8. The molecule has 4 nitrogen and oxygen atoms in total. The SMILES string of the molecule is CCOc1cc(/C=C/C(=O)c2ccc(O)cc2)ccc1OCc1ccccc1Cl. The van der Waals surface area contributed by atoms with Gasteiger partial charge in [-0.1, -0.05) is 41.9 Å². The molecule has 0 aliphatic rings. The molecular formula is C24H21ClO4. The third-order valence-electron chi connectivity index (χ3n) is 4.19. The lowest BCUT2D eigenvalue weighted by molar-refractivity contribution is 0.104. The summed E-state index contributed by atoms with van der Waals surface area (Å²) in [6.45, 7) is 2.71. The van der Waals surface area contributed by atoms with Gasteiger partial charge in [-0.05, 0) is 61.0 Å². The molecule has 3 aromatic carbocycles. The molecule has 3 aromatic rings. The minimum Gasteiger partial charge on any atom is -0.508 e.